The lowest BCUT2D eigenvalue weighted by Crippen LogP contribution is -2.29. The number of ether oxygens (including phenoxy) is 3. The fourth-order valence-electron chi connectivity index (χ4n) is 3.37. The van der Waals surface area contributed by atoms with Crippen molar-refractivity contribution in [2.75, 3.05) is 19.8 Å². The van der Waals surface area contributed by atoms with E-state index in [4.69, 9.17) is 26.4 Å². The van der Waals surface area contributed by atoms with E-state index in [1.54, 1.807) is 13.0 Å². The van der Waals surface area contributed by atoms with Crippen LogP contribution in [0.25, 0.3) is 6.08 Å². The summed E-state index contributed by atoms with van der Waals surface area (Å²) in [6, 6.07) is 11.9. The van der Waals surface area contributed by atoms with Gasteiger partial charge in [-0.1, -0.05) is 53.8 Å². The molecule has 0 aliphatic carbocycles. The number of carbonyl (C=O) groups excluding carboxylic acids is 2. The Morgan fingerprint density at radius 1 is 1.14 bits per heavy atom. The molecule has 1 saturated heterocycles. The number of carbonyl (C=O) groups is 2. The van der Waals surface area contributed by atoms with Gasteiger partial charge in [0.25, 0.3) is 5.91 Å². The van der Waals surface area contributed by atoms with Crippen LogP contribution in [0.3, 0.4) is 0 Å². The van der Waals surface area contributed by atoms with Crippen molar-refractivity contribution in [1.82, 2.24) is 4.90 Å². The molecule has 0 bridgehead atoms. The lowest BCUT2D eigenvalue weighted by Gasteiger charge is -2.15. The maximum atomic E-state index is 12.9. The highest BCUT2D eigenvalue weighted by Gasteiger charge is 2.31. The molecule has 35 heavy (non-hydrogen) atoms. The Kier molecular flexibility index (Phi) is 10.2. The molecule has 0 aromatic heterocycles. The van der Waals surface area contributed by atoms with E-state index in [0.717, 1.165) is 15.6 Å². The summed E-state index contributed by atoms with van der Waals surface area (Å²) in [7, 11) is 0. The SMILES string of the molecule is CCOC(=O)CCCN1C(=O)/C(=C/c2cc(Br)c(OCc3ccc(C)cc3)c(OCC)c2)SC1=S. The zero-order valence-electron chi connectivity index (χ0n) is 20.0. The number of hydrogen-bond acceptors (Lipinski definition) is 7. The zero-order valence-corrected chi connectivity index (χ0v) is 23.2. The largest absolute Gasteiger partial charge is 0.490 e. The number of amides is 1. The average Bonchev–Trinajstić information content (AvgIpc) is 3.07. The topological polar surface area (TPSA) is 65.1 Å². The first kappa shape index (κ1) is 27.2. The monoisotopic (exact) mass is 577 g/mol. The molecule has 0 unspecified atom stereocenters. The molecule has 0 radical (unpaired) electrons. The lowest BCUT2D eigenvalue weighted by molar-refractivity contribution is -0.143. The van der Waals surface area contributed by atoms with E-state index in [2.05, 4.69) is 15.9 Å². The average molecular weight is 579 g/mol. The van der Waals surface area contributed by atoms with Crippen LogP contribution < -0.4 is 9.47 Å². The minimum absolute atomic E-state index is 0.169. The maximum absolute atomic E-state index is 12.9. The van der Waals surface area contributed by atoms with Gasteiger partial charge in [-0.05, 0) is 72.5 Å². The van der Waals surface area contributed by atoms with Crippen LogP contribution in [0, 0.1) is 6.92 Å². The Bertz CT molecular complexity index is 1120. The molecule has 2 aromatic rings. The quantitative estimate of drug-likeness (QED) is 0.177. The highest BCUT2D eigenvalue weighted by Crippen LogP contribution is 2.40. The third-order valence-corrected chi connectivity index (χ3v) is 7.04. The molecule has 0 spiro atoms. The first-order valence-corrected chi connectivity index (χ1v) is 13.4. The van der Waals surface area contributed by atoms with E-state index in [1.807, 2.05) is 50.2 Å². The van der Waals surface area contributed by atoms with Gasteiger partial charge >= 0.3 is 5.97 Å². The molecule has 3 rings (SSSR count). The van der Waals surface area contributed by atoms with Crippen LogP contribution in [0.4, 0.5) is 0 Å². The first-order chi connectivity index (χ1) is 16.8. The Hall–Kier alpha value is -2.36. The van der Waals surface area contributed by atoms with Crippen LogP contribution in [-0.4, -0.2) is 40.9 Å². The minimum atomic E-state index is -0.272. The minimum Gasteiger partial charge on any atom is -0.490 e. The van der Waals surface area contributed by atoms with E-state index in [1.165, 1.54) is 22.2 Å². The molecule has 1 aliphatic rings. The number of esters is 1. The molecular weight excluding hydrogens is 550 g/mol. The number of hydrogen-bond donors (Lipinski definition) is 0. The summed E-state index contributed by atoms with van der Waals surface area (Å²) in [5, 5.41) is 0. The Balaban J connectivity index is 1.73. The van der Waals surface area contributed by atoms with Crippen molar-refractivity contribution in [3.8, 4) is 11.5 Å². The molecule has 6 nitrogen and oxygen atoms in total. The second kappa shape index (κ2) is 13.1. The Morgan fingerprint density at radius 2 is 1.89 bits per heavy atom. The van der Waals surface area contributed by atoms with Crippen molar-refractivity contribution in [2.24, 2.45) is 0 Å². The fraction of sp³-hybridized carbons (Fsp3) is 0.346. The van der Waals surface area contributed by atoms with Gasteiger partial charge in [-0.25, -0.2) is 0 Å². The number of aryl methyl sites for hydroxylation is 1. The van der Waals surface area contributed by atoms with E-state index in [-0.39, 0.29) is 18.3 Å². The molecule has 1 aliphatic heterocycles. The number of rotatable bonds is 11. The van der Waals surface area contributed by atoms with Gasteiger partial charge in [0, 0.05) is 13.0 Å². The van der Waals surface area contributed by atoms with Gasteiger partial charge in [0.1, 0.15) is 10.9 Å². The van der Waals surface area contributed by atoms with Crippen LogP contribution in [0.5, 0.6) is 11.5 Å². The van der Waals surface area contributed by atoms with Gasteiger partial charge < -0.3 is 14.2 Å². The van der Waals surface area contributed by atoms with Crippen molar-refractivity contribution >= 4 is 62.2 Å². The van der Waals surface area contributed by atoms with Gasteiger partial charge in [-0.3, -0.25) is 14.5 Å². The standard InChI is InChI=1S/C26H28BrNO5S2/c1-4-31-21-14-19(13-20(27)24(21)33-16-18-10-8-17(3)9-11-18)15-22-25(30)28(26(34)35-22)12-6-7-23(29)32-5-2/h8-11,13-15H,4-7,12,16H2,1-3H3/b22-15-. The number of nitrogens with zero attached hydrogens (tertiary/aromatic N) is 1. The third kappa shape index (κ3) is 7.56. The predicted molar refractivity (Wildman–Crippen MR) is 147 cm³/mol. The van der Waals surface area contributed by atoms with Crippen LogP contribution in [0.2, 0.25) is 0 Å². The second-order valence-corrected chi connectivity index (χ2v) is 10.3. The summed E-state index contributed by atoms with van der Waals surface area (Å²) in [6.07, 6.45) is 2.53. The van der Waals surface area contributed by atoms with E-state index in [9.17, 15) is 9.59 Å². The second-order valence-electron chi connectivity index (χ2n) is 7.78. The molecule has 9 heteroatoms. The van der Waals surface area contributed by atoms with E-state index in [0.29, 0.717) is 53.5 Å². The summed E-state index contributed by atoms with van der Waals surface area (Å²) in [6.45, 7) is 7.32. The molecule has 186 valence electrons. The molecular formula is C26H28BrNO5S2. The van der Waals surface area contributed by atoms with Gasteiger partial charge in [-0.15, -0.1) is 0 Å². The molecule has 0 N–H and O–H groups in total. The smallest absolute Gasteiger partial charge is 0.305 e. The Morgan fingerprint density at radius 3 is 2.57 bits per heavy atom. The summed E-state index contributed by atoms with van der Waals surface area (Å²) in [5.41, 5.74) is 3.04. The zero-order chi connectivity index (χ0) is 25.4. The van der Waals surface area contributed by atoms with Crippen molar-refractivity contribution in [1.29, 1.82) is 0 Å². The predicted octanol–water partition coefficient (Wildman–Crippen LogP) is 6.28. The van der Waals surface area contributed by atoms with Crippen LogP contribution in [-0.2, 0) is 20.9 Å². The number of thioether (sulfide) groups is 1. The number of halogens is 1. The molecule has 2 aromatic carbocycles. The van der Waals surface area contributed by atoms with Crippen molar-refractivity contribution in [3.63, 3.8) is 0 Å². The van der Waals surface area contributed by atoms with Gasteiger partial charge in [-0.2, -0.15) is 0 Å². The maximum Gasteiger partial charge on any atom is 0.305 e. The number of thiocarbonyl (C=S) groups is 1. The van der Waals surface area contributed by atoms with Crippen LogP contribution >= 0.6 is 39.9 Å². The summed E-state index contributed by atoms with van der Waals surface area (Å²) < 4.78 is 18.1. The van der Waals surface area contributed by atoms with Crippen LogP contribution in [0.1, 0.15) is 43.4 Å². The third-order valence-electron chi connectivity index (χ3n) is 5.07. The summed E-state index contributed by atoms with van der Waals surface area (Å²) in [4.78, 5) is 26.6. The highest BCUT2D eigenvalue weighted by molar-refractivity contribution is 9.10. The molecule has 0 saturated carbocycles. The first-order valence-electron chi connectivity index (χ1n) is 11.4. The van der Waals surface area contributed by atoms with E-state index >= 15 is 0 Å². The molecule has 0 atom stereocenters. The normalized spacial score (nSPS) is 14.5. The highest BCUT2D eigenvalue weighted by atomic mass is 79.9. The van der Waals surface area contributed by atoms with E-state index < -0.39 is 0 Å². The number of benzene rings is 2. The van der Waals surface area contributed by atoms with Gasteiger partial charge in [0.05, 0.1) is 22.6 Å². The Labute approximate surface area is 224 Å². The summed E-state index contributed by atoms with van der Waals surface area (Å²) in [5.74, 6) is 0.755. The van der Waals surface area contributed by atoms with Crippen LogP contribution in [0.15, 0.2) is 45.8 Å². The van der Waals surface area contributed by atoms with Gasteiger partial charge in [0.2, 0.25) is 0 Å². The summed E-state index contributed by atoms with van der Waals surface area (Å²) >= 11 is 10.2. The fourth-order valence-corrected chi connectivity index (χ4v) is 5.26. The lowest BCUT2D eigenvalue weighted by atomic mass is 10.1. The van der Waals surface area contributed by atoms with Crippen molar-refractivity contribution in [2.45, 2.75) is 40.2 Å². The van der Waals surface area contributed by atoms with Crippen molar-refractivity contribution < 1.29 is 23.8 Å². The molecule has 1 amide bonds. The van der Waals surface area contributed by atoms with Gasteiger partial charge in [0.15, 0.2) is 11.5 Å². The molecule has 1 heterocycles. The molecule has 1 fully saturated rings. The van der Waals surface area contributed by atoms with Crippen molar-refractivity contribution in [3.05, 3.63) is 62.5 Å².